The third-order valence-electron chi connectivity index (χ3n) is 7.02. The van der Waals surface area contributed by atoms with Crippen LogP contribution in [-0.4, -0.2) is 16.5 Å². The summed E-state index contributed by atoms with van der Waals surface area (Å²) in [6.45, 7) is 4.32. The molecule has 3 aliphatic rings. The summed E-state index contributed by atoms with van der Waals surface area (Å²) in [5.41, 5.74) is 4.85. The maximum atomic E-state index is 12.6. The zero-order chi connectivity index (χ0) is 18.8. The van der Waals surface area contributed by atoms with E-state index >= 15 is 0 Å². The molecule has 0 radical (unpaired) electrons. The highest BCUT2D eigenvalue weighted by Gasteiger charge is 2.62. The minimum absolute atomic E-state index is 0.156. The molecular formula is C24H22NO2-. The van der Waals surface area contributed by atoms with Crippen molar-refractivity contribution >= 4 is 0 Å². The molecular weight excluding hydrogens is 334 g/mol. The Labute approximate surface area is 159 Å². The fourth-order valence-corrected chi connectivity index (χ4v) is 5.90. The van der Waals surface area contributed by atoms with Gasteiger partial charge in [-0.25, -0.2) is 0 Å². The lowest BCUT2D eigenvalue weighted by molar-refractivity contribution is -0.118. The van der Waals surface area contributed by atoms with Gasteiger partial charge in [-0.1, -0.05) is 85.8 Å². The molecule has 3 aliphatic carbocycles. The molecule has 1 N–H and O–H groups in total. The van der Waals surface area contributed by atoms with Crippen molar-refractivity contribution in [1.82, 2.24) is 5.23 Å². The molecule has 0 spiro atoms. The fourth-order valence-electron chi connectivity index (χ4n) is 5.90. The smallest absolute Gasteiger partial charge is 0.0432 e. The van der Waals surface area contributed by atoms with Gasteiger partial charge in [0, 0.05) is 22.8 Å². The predicted molar refractivity (Wildman–Crippen MR) is 106 cm³/mol. The Morgan fingerprint density at radius 3 is 1.56 bits per heavy atom. The molecule has 3 heteroatoms. The van der Waals surface area contributed by atoms with Crippen LogP contribution >= 0.6 is 0 Å². The molecule has 6 rings (SSSR count). The SMILES string of the molecule is CC12c3ccccc3C(C)(c3ccccc31)[C@H](N([O-])O)[C@@H]2c1ccccc1. The summed E-state index contributed by atoms with van der Waals surface area (Å²) < 4.78 is 0. The average molecular weight is 356 g/mol. The van der Waals surface area contributed by atoms with Gasteiger partial charge in [-0.2, -0.15) is 0 Å². The Morgan fingerprint density at radius 1 is 0.704 bits per heavy atom. The van der Waals surface area contributed by atoms with Crippen LogP contribution in [0.3, 0.4) is 0 Å². The van der Waals surface area contributed by atoms with Crippen molar-refractivity contribution in [2.75, 3.05) is 0 Å². The summed E-state index contributed by atoms with van der Waals surface area (Å²) in [5.74, 6) is -0.156. The second kappa shape index (κ2) is 5.52. The number of hydrogen-bond acceptors (Lipinski definition) is 3. The summed E-state index contributed by atoms with van der Waals surface area (Å²) in [5, 5.41) is 23.2. The first-order chi connectivity index (χ1) is 13.0. The summed E-state index contributed by atoms with van der Waals surface area (Å²) in [6.07, 6.45) is 0. The van der Waals surface area contributed by atoms with E-state index in [-0.39, 0.29) is 11.1 Å². The molecule has 0 amide bonds. The summed E-state index contributed by atoms with van der Waals surface area (Å²) in [7, 11) is 0. The second-order valence-electron chi connectivity index (χ2n) is 8.13. The van der Waals surface area contributed by atoms with Gasteiger partial charge in [0.1, 0.15) is 0 Å². The zero-order valence-corrected chi connectivity index (χ0v) is 15.5. The van der Waals surface area contributed by atoms with Gasteiger partial charge in [-0.05, 0) is 34.7 Å². The molecule has 3 aromatic carbocycles. The molecule has 0 saturated carbocycles. The monoisotopic (exact) mass is 356 g/mol. The van der Waals surface area contributed by atoms with Crippen LogP contribution in [-0.2, 0) is 10.8 Å². The van der Waals surface area contributed by atoms with E-state index in [0.29, 0.717) is 0 Å². The van der Waals surface area contributed by atoms with Crippen molar-refractivity contribution in [3.05, 3.63) is 112 Å². The minimum Gasteiger partial charge on any atom is -0.762 e. The largest absolute Gasteiger partial charge is 0.762 e. The Kier molecular flexibility index (Phi) is 3.41. The van der Waals surface area contributed by atoms with Crippen LogP contribution in [0.1, 0.15) is 47.6 Å². The van der Waals surface area contributed by atoms with E-state index in [2.05, 4.69) is 62.4 Å². The summed E-state index contributed by atoms with van der Waals surface area (Å²) in [6, 6.07) is 26.3. The van der Waals surface area contributed by atoms with Gasteiger partial charge in [0.2, 0.25) is 0 Å². The highest BCUT2D eigenvalue weighted by molar-refractivity contribution is 5.66. The third kappa shape index (κ3) is 1.91. The Bertz CT molecular complexity index is 964. The molecule has 2 atom stereocenters. The minimum atomic E-state index is -0.602. The van der Waals surface area contributed by atoms with E-state index in [1.54, 1.807) is 0 Å². The van der Waals surface area contributed by atoms with E-state index < -0.39 is 16.9 Å². The van der Waals surface area contributed by atoms with Crippen LogP contribution in [0, 0.1) is 5.21 Å². The second-order valence-corrected chi connectivity index (χ2v) is 8.13. The standard InChI is InChI=1S/C24H22NO2/c1-23-17-12-6-8-14-19(17)24(2,20-15-9-7-13-18(20)23)22(25(26)27)21(23)16-10-4-3-5-11-16/h3-15,21-22,26H,1-2H3/q-1/t21-,22+,23?,24?/m0/s1. The molecule has 0 aliphatic heterocycles. The predicted octanol–water partition coefficient (Wildman–Crippen LogP) is 4.97. The quantitative estimate of drug-likeness (QED) is 0.660. The van der Waals surface area contributed by atoms with E-state index in [1.165, 1.54) is 11.1 Å². The van der Waals surface area contributed by atoms with Gasteiger partial charge in [-0.3, -0.25) is 5.23 Å². The number of hydrogen-bond donors (Lipinski definition) is 1. The molecule has 0 fully saturated rings. The molecule has 0 heterocycles. The highest BCUT2D eigenvalue weighted by Crippen LogP contribution is 2.65. The first kappa shape index (κ1) is 16.7. The van der Waals surface area contributed by atoms with Crippen LogP contribution < -0.4 is 0 Å². The molecule has 27 heavy (non-hydrogen) atoms. The Hall–Kier alpha value is -2.46. The van der Waals surface area contributed by atoms with E-state index in [1.807, 2.05) is 30.3 Å². The van der Waals surface area contributed by atoms with Crippen LogP contribution in [0.2, 0.25) is 0 Å². The van der Waals surface area contributed by atoms with Gasteiger partial charge >= 0.3 is 0 Å². The number of hydroxylamine groups is 2. The Balaban J connectivity index is 1.94. The fraction of sp³-hybridized carbons (Fsp3) is 0.250. The number of nitrogens with zero attached hydrogens (tertiary/aromatic N) is 1. The third-order valence-corrected chi connectivity index (χ3v) is 7.02. The lowest BCUT2D eigenvalue weighted by atomic mass is 9.43. The summed E-state index contributed by atoms with van der Waals surface area (Å²) >= 11 is 0. The molecule has 0 aromatic heterocycles. The first-order valence-electron chi connectivity index (χ1n) is 9.41. The van der Waals surface area contributed by atoms with Crippen molar-refractivity contribution < 1.29 is 5.21 Å². The van der Waals surface area contributed by atoms with E-state index in [0.717, 1.165) is 16.7 Å². The van der Waals surface area contributed by atoms with E-state index in [4.69, 9.17) is 0 Å². The molecule has 0 unspecified atom stereocenters. The first-order valence-corrected chi connectivity index (χ1v) is 9.41. The number of rotatable bonds is 2. The van der Waals surface area contributed by atoms with Gasteiger partial charge in [0.25, 0.3) is 0 Å². The van der Waals surface area contributed by atoms with Crippen molar-refractivity contribution in [2.45, 2.75) is 36.6 Å². The van der Waals surface area contributed by atoms with Crippen molar-refractivity contribution in [3.63, 3.8) is 0 Å². The van der Waals surface area contributed by atoms with Gasteiger partial charge in [0.15, 0.2) is 0 Å². The zero-order valence-electron chi connectivity index (χ0n) is 15.5. The van der Waals surface area contributed by atoms with Gasteiger partial charge in [-0.15, -0.1) is 0 Å². The van der Waals surface area contributed by atoms with Crippen LogP contribution in [0.15, 0.2) is 78.9 Å². The molecule has 2 bridgehead atoms. The molecule has 3 nitrogen and oxygen atoms in total. The van der Waals surface area contributed by atoms with Crippen molar-refractivity contribution in [3.8, 4) is 0 Å². The average Bonchev–Trinajstić information content (AvgIpc) is 2.70. The van der Waals surface area contributed by atoms with Gasteiger partial charge < -0.3 is 10.4 Å². The molecule has 136 valence electrons. The summed E-state index contributed by atoms with van der Waals surface area (Å²) in [4.78, 5) is 0. The van der Waals surface area contributed by atoms with Crippen molar-refractivity contribution in [1.29, 1.82) is 0 Å². The van der Waals surface area contributed by atoms with Crippen LogP contribution in [0.25, 0.3) is 0 Å². The Morgan fingerprint density at radius 2 is 1.11 bits per heavy atom. The highest BCUT2D eigenvalue weighted by atomic mass is 16.8. The van der Waals surface area contributed by atoms with Crippen molar-refractivity contribution in [2.24, 2.45) is 0 Å². The van der Waals surface area contributed by atoms with Crippen LogP contribution in [0.4, 0.5) is 0 Å². The van der Waals surface area contributed by atoms with E-state index in [9.17, 15) is 10.4 Å². The number of benzene rings is 3. The maximum absolute atomic E-state index is 12.6. The maximum Gasteiger partial charge on any atom is 0.0432 e. The lowest BCUT2D eigenvalue weighted by Crippen LogP contribution is -2.63. The lowest BCUT2D eigenvalue weighted by Gasteiger charge is -2.64. The van der Waals surface area contributed by atoms with Gasteiger partial charge in [0.05, 0.1) is 0 Å². The molecule has 3 aromatic rings. The molecule has 0 saturated heterocycles. The normalized spacial score (nSPS) is 30.9. The topological polar surface area (TPSA) is 46.5 Å². The number of fused-ring (bicyclic) bond motifs is 1. The van der Waals surface area contributed by atoms with Crippen LogP contribution in [0.5, 0.6) is 0 Å².